The van der Waals surface area contributed by atoms with Crippen molar-refractivity contribution in [3.8, 4) is 0 Å². The minimum Gasteiger partial charge on any atom is -0.394 e. The van der Waals surface area contributed by atoms with Gasteiger partial charge in [0.2, 0.25) is 0 Å². The summed E-state index contributed by atoms with van der Waals surface area (Å²) in [5, 5.41) is 14.8. The van der Waals surface area contributed by atoms with Crippen LogP contribution in [0.5, 0.6) is 0 Å². The van der Waals surface area contributed by atoms with Crippen molar-refractivity contribution in [3.05, 3.63) is 35.4 Å². The summed E-state index contributed by atoms with van der Waals surface area (Å²) in [6.45, 7) is -0.468. The first-order valence-electron chi connectivity index (χ1n) is 7.18. The van der Waals surface area contributed by atoms with Crippen LogP contribution in [-0.4, -0.2) is 23.3 Å². The van der Waals surface area contributed by atoms with Gasteiger partial charge >= 0.3 is 12.2 Å². The number of nitrogens with one attached hydrogen (secondary N) is 2. The summed E-state index contributed by atoms with van der Waals surface area (Å²) in [5.41, 5.74) is -0.696. The molecular weight excluding hydrogens is 297 g/mol. The second-order valence-corrected chi connectivity index (χ2v) is 6.22. The van der Waals surface area contributed by atoms with E-state index in [-0.39, 0.29) is 11.1 Å². The van der Waals surface area contributed by atoms with Crippen molar-refractivity contribution in [2.45, 2.75) is 37.0 Å². The quantitative estimate of drug-likeness (QED) is 0.800. The van der Waals surface area contributed by atoms with Gasteiger partial charge in [-0.15, -0.1) is 0 Å². The Kier molecular flexibility index (Phi) is 3.55. The number of hydrogen-bond donors (Lipinski definition) is 3. The number of carbonyl (C=O) groups is 1. The highest BCUT2D eigenvalue weighted by molar-refractivity contribution is 5.76. The molecule has 3 saturated carbocycles. The number of aliphatic hydroxyl groups is 1. The fourth-order valence-corrected chi connectivity index (χ4v) is 3.23. The number of rotatable bonds is 4. The average Bonchev–Trinajstić information content (AvgIpc) is 2.38. The Hall–Kier alpha value is -1.76. The Bertz CT molecular complexity index is 571. The van der Waals surface area contributed by atoms with E-state index in [1.54, 1.807) is 0 Å². The van der Waals surface area contributed by atoms with E-state index in [0.29, 0.717) is 5.92 Å². The third-order valence-electron chi connectivity index (χ3n) is 4.52. The topological polar surface area (TPSA) is 61.4 Å². The van der Waals surface area contributed by atoms with Crippen LogP contribution in [0.25, 0.3) is 0 Å². The minimum absolute atomic E-state index is 0.122. The molecule has 3 N–H and O–H groups in total. The summed E-state index contributed by atoms with van der Waals surface area (Å²) in [7, 11) is 0. The predicted octanol–water partition coefficient (Wildman–Crippen LogP) is 2.59. The molecule has 0 aliphatic heterocycles. The summed E-state index contributed by atoms with van der Waals surface area (Å²) >= 11 is 0. The first kappa shape index (κ1) is 15.1. The third-order valence-corrected chi connectivity index (χ3v) is 4.52. The molecule has 1 aromatic rings. The van der Waals surface area contributed by atoms with E-state index in [9.17, 15) is 23.1 Å². The van der Waals surface area contributed by atoms with Gasteiger partial charge in [0.25, 0.3) is 0 Å². The van der Waals surface area contributed by atoms with E-state index in [1.165, 1.54) is 12.1 Å². The average molecular weight is 314 g/mol. The van der Waals surface area contributed by atoms with E-state index >= 15 is 0 Å². The summed E-state index contributed by atoms with van der Waals surface area (Å²) in [6, 6.07) is 3.31. The maximum absolute atomic E-state index is 12.7. The second-order valence-electron chi connectivity index (χ2n) is 6.22. The largest absolute Gasteiger partial charge is 0.416 e. The molecule has 3 fully saturated rings. The lowest BCUT2D eigenvalue weighted by atomic mass is 9.50. The molecular formula is C15H17F3N2O2. The molecule has 3 aliphatic carbocycles. The first-order chi connectivity index (χ1) is 10.3. The maximum atomic E-state index is 12.7. The SMILES string of the molecule is O=C(N[C@@H](CO)c1cccc(C(F)(F)F)c1)NC12CC(C1)C2. The number of hydrogen-bond acceptors (Lipinski definition) is 2. The van der Waals surface area contributed by atoms with Gasteiger partial charge in [-0.25, -0.2) is 4.79 Å². The lowest BCUT2D eigenvalue weighted by Crippen LogP contribution is -2.69. The lowest BCUT2D eigenvalue weighted by molar-refractivity contribution is -0.137. The molecule has 2 amide bonds. The number of carbonyl (C=O) groups excluding carboxylic acids is 1. The van der Waals surface area contributed by atoms with Crippen LogP contribution in [-0.2, 0) is 6.18 Å². The number of urea groups is 1. The molecule has 3 aliphatic rings. The van der Waals surface area contributed by atoms with Gasteiger partial charge in [0.15, 0.2) is 0 Å². The van der Waals surface area contributed by atoms with Crippen molar-refractivity contribution < 1.29 is 23.1 Å². The second kappa shape index (κ2) is 5.15. The van der Waals surface area contributed by atoms with Gasteiger partial charge in [-0.05, 0) is 42.9 Å². The van der Waals surface area contributed by atoms with Gasteiger partial charge < -0.3 is 15.7 Å². The third kappa shape index (κ3) is 2.77. The Balaban J connectivity index is 1.66. The number of benzene rings is 1. The monoisotopic (exact) mass is 314 g/mol. The van der Waals surface area contributed by atoms with Crippen molar-refractivity contribution in [2.75, 3.05) is 6.61 Å². The van der Waals surface area contributed by atoms with Gasteiger partial charge in [0.1, 0.15) is 0 Å². The highest BCUT2D eigenvalue weighted by Crippen LogP contribution is 2.56. The van der Waals surface area contributed by atoms with Crippen molar-refractivity contribution >= 4 is 6.03 Å². The Morgan fingerprint density at radius 3 is 2.55 bits per heavy atom. The van der Waals surface area contributed by atoms with Crippen molar-refractivity contribution in [1.29, 1.82) is 0 Å². The molecule has 0 heterocycles. The fourth-order valence-electron chi connectivity index (χ4n) is 3.23. The molecule has 0 unspecified atom stereocenters. The van der Waals surface area contributed by atoms with E-state index in [0.717, 1.165) is 31.4 Å². The molecule has 120 valence electrons. The molecule has 0 saturated heterocycles. The summed E-state index contributed by atoms with van der Waals surface area (Å²) < 4.78 is 38.2. The molecule has 22 heavy (non-hydrogen) atoms. The lowest BCUT2D eigenvalue weighted by Gasteiger charge is -2.61. The Morgan fingerprint density at radius 2 is 2.05 bits per heavy atom. The number of aliphatic hydroxyl groups excluding tert-OH is 1. The van der Waals surface area contributed by atoms with E-state index < -0.39 is 30.4 Å². The molecule has 2 bridgehead atoms. The highest BCUT2D eigenvalue weighted by atomic mass is 19.4. The van der Waals surface area contributed by atoms with Crippen LogP contribution >= 0.6 is 0 Å². The molecule has 0 spiro atoms. The van der Waals surface area contributed by atoms with Crippen LogP contribution in [0, 0.1) is 5.92 Å². The van der Waals surface area contributed by atoms with Crippen LogP contribution in [0.1, 0.15) is 36.4 Å². The molecule has 0 radical (unpaired) electrons. The van der Waals surface area contributed by atoms with Crippen molar-refractivity contribution in [1.82, 2.24) is 10.6 Å². The minimum atomic E-state index is -4.45. The molecule has 7 heteroatoms. The summed E-state index contributed by atoms with van der Waals surface area (Å²) in [5.74, 6) is 0.706. The molecule has 1 aromatic carbocycles. The van der Waals surface area contributed by atoms with Crippen LogP contribution in [0.4, 0.5) is 18.0 Å². The van der Waals surface area contributed by atoms with Gasteiger partial charge in [-0.2, -0.15) is 13.2 Å². The normalized spacial score (nSPS) is 27.4. The first-order valence-corrected chi connectivity index (χ1v) is 7.18. The number of alkyl halides is 3. The predicted molar refractivity (Wildman–Crippen MR) is 73.0 cm³/mol. The van der Waals surface area contributed by atoms with Gasteiger partial charge in [-0.1, -0.05) is 12.1 Å². The summed E-state index contributed by atoms with van der Waals surface area (Å²) in [4.78, 5) is 11.9. The zero-order chi connectivity index (χ0) is 16.0. The number of amides is 2. The van der Waals surface area contributed by atoms with E-state index in [2.05, 4.69) is 10.6 Å². The zero-order valence-corrected chi connectivity index (χ0v) is 11.8. The molecule has 4 nitrogen and oxygen atoms in total. The van der Waals surface area contributed by atoms with Crippen molar-refractivity contribution in [3.63, 3.8) is 0 Å². The van der Waals surface area contributed by atoms with Crippen LogP contribution < -0.4 is 10.6 Å². The van der Waals surface area contributed by atoms with Gasteiger partial charge in [0, 0.05) is 5.54 Å². The molecule has 1 atom stereocenters. The van der Waals surface area contributed by atoms with Crippen LogP contribution in [0.15, 0.2) is 24.3 Å². The molecule has 4 rings (SSSR count). The molecule has 0 aromatic heterocycles. The van der Waals surface area contributed by atoms with Crippen molar-refractivity contribution in [2.24, 2.45) is 5.92 Å². The van der Waals surface area contributed by atoms with Crippen LogP contribution in [0.3, 0.4) is 0 Å². The smallest absolute Gasteiger partial charge is 0.394 e. The van der Waals surface area contributed by atoms with Gasteiger partial charge in [0.05, 0.1) is 18.2 Å². The number of halogens is 3. The van der Waals surface area contributed by atoms with E-state index in [4.69, 9.17) is 0 Å². The van der Waals surface area contributed by atoms with Gasteiger partial charge in [-0.3, -0.25) is 0 Å². The Morgan fingerprint density at radius 1 is 1.36 bits per heavy atom. The maximum Gasteiger partial charge on any atom is 0.416 e. The standard InChI is InChI=1S/C15H17F3N2O2/c16-15(17,18)11-3-1-2-10(4-11)12(8-21)19-13(22)20-14-5-9(6-14)7-14/h1-4,9,12,21H,5-8H2,(H2,19,20,22)/t9?,12-,14?/m0/s1. The highest BCUT2D eigenvalue weighted by Gasteiger charge is 2.57. The fraction of sp³-hybridized carbons (Fsp3) is 0.533. The van der Waals surface area contributed by atoms with Crippen LogP contribution in [0.2, 0.25) is 0 Å². The van der Waals surface area contributed by atoms with E-state index in [1.807, 2.05) is 0 Å². The zero-order valence-electron chi connectivity index (χ0n) is 11.8. The summed E-state index contributed by atoms with van der Waals surface area (Å²) in [6.07, 6.45) is -1.56. The Labute approximate surface area is 125 Å².